The Balaban J connectivity index is 2.46. The molecule has 21 heavy (non-hydrogen) atoms. The SMILES string of the molecule is Cc1cc(N)ccc1C=Cc1ccc(N)cc1S(=O)(=O)O. The zero-order valence-corrected chi connectivity index (χ0v) is 12.3. The third-order valence-corrected chi connectivity index (χ3v) is 3.96. The number of nitrogens with two attached hydrogens (primary N) is 2. The van der Waals surface area contributed by atoms with E-state index in [0.717, 1.165) is 11.1 Å². The van der Waals surface area contributed by atoms with Crippen LogP contribution in [0.5, 0.6) is 0 Å². The third-order valence-electron chi connectivity index (χ3n) is 3.05. The lowest BCUT2D eigenvalue weighted by molar-refractivity contribution is 0.483. The van der Waals surface area contributed by atoms with Crippen molar-refractivity contribution in [3.63, 3.8) is 0 Å². The summed E-state index contributed by atoms with van der Waals surface area (Å²) in [6, 6.07) is 9.77. The first-order valence-electron chi connectivity index (χ1n) is 6.18. The van der Waals surface area contributed by atoms with Gasteiger partial charge in [-0.05, 0) is 47.9 Å². The van der Waals surface area contributed by atoms with Gasteiger partial charge in [0.2, 0.25) is 0 Å². The molecule has 110 valence electrons. The van der Waals surface area contributed by atoms with Crippen LogP contribution in [0.15, 0.2) is 41.3 Å². The second kappa shape index (κ2) is 5.59. The number of nitrogen functional groups attached to an aromatic ring is 2. The Kier molecular flexibility index (Phi) is 4.02. The van der Waals surface area contributed by atoms with E-state index in [9.17, 15) is 13.0 Å². The molecular formula is C15H16N2O3S. The number of hydrogen-bond acceptors (Lipinski definition) is 4. The summed E-state index contributed by atoms with van der Waals surface area (Å²) in [6.45, 7) is 1.91. The monoisotopic (exact) mass is 304 g/mol. The third kappa shape index (κ3) is 3.62. The summed E-state index contributed by atoms with van der Waals surface area (Å²) in [7, 11) is -4.33. The fourth-order valence-electron chi connectivity index (χ4n) is 1.98. The molecule has 2 aromatic rings. The van der Waals surface area contributed by atoms with E-state index in [1.54, 1.807) is 30.4 Å². The van der Waals surface area contributed by atoms with Crippen molar-refractivity contribution in [3.05, 3.63) is 53.1 Å². The van der Waals surface area contributed by atoms with Crippen molar-refractivity contribution in [2.75, 3.05) is 11.5 Å². The van der Waals surface area contributed by atoms with E-state index in [1.165, 1.54) is 6.07 Å². The quantitative estimate of drug-likeness (QED) is 0.459. The van der Waals surface area contributed by atoms with Crippen molar-refractivity contribution in [2.24, 2.45) is 0 Å². The lowest BCUT2D eigenvalue weighted by atomic mass is 10.1. The molecular weight excluding hydrogens is 288 g/mol. The van der Waals surface area contributed by atoms with E-state index in [4.69, 9.17) is 11.5 Å². The molecule has 0 aliphatic carbocycles. The Labute approximate surface area is 123 Å². The average Bonchev–Trinajstić information content (AvgIpc) is 2.38. The Morgan fingerprint density at radius 3 is 2.05 bits per heavy atom. The normalized spacial score (nSPS) is 11.9. The zero-order chi connectivity index (χ0) is 15.6. The fourth-order valence-corrected chi connectivity index (χ4v) is 2.70. The molecule has 0 fully saturated rings. The van der Waals surface area contributed by atoms with Gasteiger partial charge in [-0.1, -0.05) is 24.3 Å². The number of hydrogen-bond donors (Lipinski definition) is 3. The largest absolute Gasteiger partial charge is 0.399 e. The molecule has 0 spiro atoms. The van der Waals surface area contributed by atoms with Crippen molar-refractivity contribution < 1.29 is 13.0 Å². The summed E-state index contributed by atoms with van der Waals surface area (Å²) >= 11 is 0. The van der Waals surface area contributed by atoms with Crippen molar-refractivity contribution in [1.29, 1.82) is 0 Å². The van der Waals surface area contributed by atoms with Crippen LogP contribution in [0.25, 0.3) is 12.2 Å². The van der Waals surface area contributed by atoms with Crippen LogP contribution < -0.4 is 11.5 Å². The highest BCUT2D eigenvalue weighted by atomic mass is 32.2. The highest BCUT2D eigenvalue weighted by molar-refractivity contribution is 7.86. The van der Waals surface area contributed by atoms with Crippen LogP contribution in [0.2, 0.25) is 0 Å². The zero-order valence-electron chi connectivity index (χ0n) is 11.4. The van der Waals surface area contributed by atoms with Gasteiger partial charge in [0.05, 0.1) is 0 Å². The van der Waals surface area contributed by atoms with Crippen LogP contribution in [0.1, 0.15) is 16.7 Å². The molecule has 2 aromatic carbocycles. The second-order valence-electron chi connectivity index (χ2n) is 4.72. The molecule has 0 aliphatic heterocycles. The minimum atomic E-state index is -4.33. The van der Waals surface area contributed by atoms with Gasteiger partial charge in [0.15, 0.2) is 0 Å². The number of aryl methyl sites for hydroxylation is 1. The molecule has 0 aliphatic rings. The minimum absolute atomic E-state index is 0.216. The van der Waals surface area contributed by atoms with Crippen molar-refractivity contribution in [2.45, 2.75) is 11.8 Å². The summed E-state index contributed by atoms with van der Waals surface area (Å²) in [5.41, 5.74) is 14.4. The van der Waals surface area contributed by atoms with E-state index < -0.39 is 10.1 Å². The van der Waals surface area contributed by atoms with Gasteiger partial charge in [-0.3, -0.25) is 4.55 Å². The summed E-state index contributed by atoms with van der Waals surface area (Å²) in [5.74, 6) is 0. The molecule has 5 nitrogen and oxygen atoms in total. The van der Waals surface area contributed by atoms with Gasteiger partial charge >= 0.3 is 0 Å². The molecule has 0 bridgehead atoms. The van der Waals surface area contributed by atoms with E-state index in [0.29, 0.717) is 11.3 Å². The highest BCUT2D eigenvalue weighted by Crippen LogP contribution is 2.22. The Hall–Kier alpha value is -2.31. The second-order valence-corrected chi connectivity index (χ2v) is 6.11. The fraction of sp³-hybridized carbons (Fsp3) is 0.0667. The van der Waals surface area contributed by atoms with E-state index >= 15 is 0 Å². The lowest BCUT2D eigenvalue weighted by Gasteiger charge is -2.05. The van der Waals surface area contributed by atoms with Gasteiger partial charge < -0.3 is 11.5 Å². The first-order chi connectivity index (χ1) is 9.77. The molecule has 0 radical (unpaired) electrons. The highest BCUT2D eigenvalue weighted by Gasteiger charge is 2.14. The molecule has 2 rings (SSSR count). The summed E-state index contributed by atoms with van der Waals surface area (Å²) in [6.07, 6.45) is 3.37. The van der Waals surface area contributed by atoms with Crippen LogP contribution in [0.3, 0.4) is 0 Å². The minimum Gasteiger partial charge on any atom is -0.399 e. The van der Waals surface area contributed by atoms with Crippen LogP contribution in [-0.4, -0.2) is 13.0 Å². The molecule has 0 saturated heterocycles. The van der Waals surface area contributed by atoms with Gasteiger partial charge in [-0.2, -0.15) is 8.42 Å². The summed E-state index contributed by atoms with van der Waals surface area (Å²) in [5, 5.41) is 0. The molecule has 0 unspecified atom stereocenters. The number of rotatable bonds is 3. The average molecular weight is 304 g/mol. The maximum atomic E-state index is 11.4. The summed E-state index contributed by atoms with van der Waals surface area (Å²) in [4.78, 5) is -0.216. The number of anilines is 2. The van der Waals surface area contributed by atoms with Crippen LogP contribution in [-0.2, 0) is 10.1 Å². The maximum Gasteiger partial charge on any atom is 0.295 e. The topological polar surface area (TPSA) is 106 Å². The van der Waals surface area contributed by atoms with E-state index in [-0.39, 0.29) is 10.6 Å². The molecule has 0 heterocycles. The Bertz CT molecular complexity index is 812. The summed E-state index contributed by atoms with van der Waals surface area (Å²) < 4.78 is 32.0. The van der Waals surface area contributed by atoms with Gasteiger partial charge in [-0.25, -0.2) is 0 Å². The molecule has 0 amide bonds. The van der Waals surface area contributed by atoms with Gasteiger partial charge in [0, 0.05) is 11.4 Å². The van der Waals surface area contributed by atoms with Crippen molar-refractivity contribution >= 4 is 33.6 Å². The first kappa shape index (κ1) is 15.1. The molecule has 0 aromatic heterocycles. The first-order valence-corrected chi connectivity index (χ1v) is 7.62. The number of benzene rings is 2. The standard InChI is InChI=1S/C15H16N2O3S/c1-10-8-13(16)6-4-11(10)2-3-12-5-7-14(17)9-15(12)21(18,19)20/h2-9H,16-17H2,1H3,(H,18,19,20). The van der Waals surface area contributed by atoms with Crippen LogP contribution in [0, 0.1) is 6.92 Å². The maximum absolute atomic E-state index is 11.4. The molecule has 6 heteroatoms. The molecule has 0 atom stereocenters. The van der Waals surface area contributed by atoms with E-state index in [1.807, 2.05) is 19.1 Å². The predicted molar refractivity (Wildman–Crippen MR) is 85.2 cm³/mol. The lowest BCUT2D eigenvalue weighted by Crippen LogP contribution is -2.02. The van der Waals surface area contributed by atoms with Gasteiger partial charge in [0.25, 0.3) is 10.1 Å². The predicted octanol–water partition coefficient (Wildman–Crippen LogP) is 2.58. The van der Waals surface area contributed by atoms with E-state index in [2.05, 4.69) is 0 Å². The molecule has 5 N–H and O–H groups in total. The van der Waals surface area contributed by atoms with Crippen molar-refractivity contribution in [1.82, 2.24) is 0 Å². The molecule has 0 saturated carbocycles. The van der Waals surface area contributed by atoms with Crippen LogP contribution >= 0.6 is 0 Å². The smallest absolute Gasteiger partial charge is 0.295 e. The Morgan fingerprint density at radius 1 is 0.952 bits per heavy atom. The van der Waals surface area contributed by atoms with Gasteiger partial charge in [-0.15, -0.1) is 0 Å². The Morgan fingerprint density at radius 2 is 1.48 bits per heavy atom. The van der Waals surface area contributed by atoms with Gasteiger partial charge in [0.1, 0.15) is 4.90 Å². The van der Waals surface area contributed by atoms with Crippen molar-refractivity contribution in [3.8, 4) is 0 Å². The van der Waals surface area contributed by atoms with Crippen LogP contribution in [0.4, 0.5) is 11.4 Å².